The quantitative estimate of drug-likeness (QED) is 0.790. The highest BCUT2D eigenvalue weighted by Gasteiger charge is 2.13. The summed E-state index contributed by atoms with van der Waals surface area (Å²) in [6.07, 6.45) is -2.62. The smallest absolute Gasteiger partial charge is 0.272 e. The van der Waals surface area contributed by atoms with Crippen LogP contribution in [0.5, 0.6) is 5.75 Å². The zero-order chi connectivity index (χ0) is 12.3. The van der Waals surface area contributed by atoms with Crippen LogP contribution in [0.4, 0.5) is 8.78 Å². The van der Waals surface area contributed by atoms with Crippen LogP contribution < -0.4 is 4.74 Å². The molecule has 3 nitrogen and oxygen atoms in total. The summed E-state index contributed by atoms with van der Waals surface area (Å²) in [5.41, 5.74) is 0.560. The Morgan fingerprint density at radius 3 is 2.56 bits per heavy atom. The maximum absolute atomic E-state index is 11.9. The Morgan fingerprint density at radius 2 is 2.06 bits per heavy atom. The molecule has 0 aromatic heterocycles. The van der Waals surface area contributed by atoms with Crippen LogP contribution in [0.2, 0.25) is 0 Å². The molecule has 0 aliphatic carbocycles. The lowest BCUT2D eigenvalue weighted by molar-refractivity contribution is 0.0814. The molecule has 0 aliphatic heterocycles. The van der Waals surface area contributed by atoms with Crippen molar-refractivity contribution in [1.82, 2.24) is 0 Å². The fourth-order valence-electron chi connectivity index (χ4n) is 1.04. The van der Waals surface area contributed by atoms with E-state index >= 15 is 0 Å². The molecule has 1 aromatic rings. The molecule has 1 aromatic carbocycles. The molecule has 0 radical (unpaired) electrons. The van der Waals surface area contributed by atoms with Crippen LogP contribution in [-0.4, -0.2) is 21.5 Å². The third-order valence-corrected chi connectivity index (χ3v) is 3.16. The maximum Gasteiger partial charge on any atom is 0.272 e. The predicted octanol–water partition coefficient (Wildman–Crippen LogP) is 2.57. The molecule has 1 rings (SSSR count). The van der Waals surface area contributed by atoms with Gasteiger partial charge in [-0.05, 0) is 18.6 Å². The molecule has 0 atom stereocenters. The Kier molecular flexibility index (Phi) is 4.09. The monoisotopic (exact) mass is 270 g/mol. The van der Waals surface area contributed by atoms with Gasteiger partial charge in [-0.3, -0.25) is 0 Å². The number of hydrogen-bond donors (Lipinski definition) is 0. The lowest BCUT2D eigenvalue weighted by atomic mass is 10.2. The Bertz CT molecular complexity index is 474. The highest BCUT2D eigenvalue weighted by atomic mass is 35.7. The average molecular weight is 271 g/mol. The summed E-state index contributed by atoms with van der Waals surface area (Å²) in [5, 5.41) is 0. The molecule has 0 N–H and O–H groups in total. The Hall–Kier alpha value is -0.880. The summed E-state index contributed by atoms with van der Waals surface area (Å²) in [7, 11) is 1.24. The third-order valence-electron chi connectivity index (χ3n) is 1.81. The van der Waals surface area contributed by atoms with Crippen LogP contribution in [0.15, 0.2) is 23.1 Å². The molecule has 0 saturated heterocycles. The summed E-state index contributed by atoms with van der Waals surface area (Å²) >= 11 is 0. The van der Waals surface area contributed by atoms with Crippen LogP contribution in [0, 0.1) is 6.92 Å². The molecular weight excluding hydrogens is 262 g/mol. The summed E-state index contributed by atoms with van der Waals surface area (Å²) in [6, 6.07) is 3.85. The van der Waals surface area contributed by atoms with E-state index in [1.807, 2.05) is 0 Å². The van der Waals surface area contributed by atoms with Crippen molar-refractivity contribution >= 4 is 19.7 Å². The van der Waals surface area contributed by atoms with E-state index in [9.17, 15) is 17.2 Å². The van der Waals surface area contributed by atoms with Gasteiger partial charge in [-0.2, -0.15) is 0 Å². The van der Waals surface area contributed by atoms with Crippen LogP contribution in [-0.2, 0) is 9.05 Å². The fraction of sp³-hybridized carbons (Fsp3) is 0.333. The Morgan fingerprint density at radius 1 is 1.44 bits per heavy atom. The topological polar surface area (TPSA) is 43.4 Å². The zero-order valence-corrected chi connectivity index (χ0v) is 9.86. The Labute approximate surface area is 96.4 Å². The van der Waals surface area contributed by atoms with Gasteiger partial charge in [0.05, 0.1) is 4.90 Å². The van der Waals surface area contributed by atoms with Crippen molar-refractivity contribution < 1.29 is 21.9 Å². The van der Waals surface area contributed by atoms with Crippen molar-refractivity contribution in [2.75, 3.05) is 6.61 Å². The van der Waals surface area contributed by atoms with E-state index in [0.717, 1.165) is 6.07 Å². The second-order valence-corrected chi connectivity index (χ2v) is 5.63. The first-order valence-corrected chi connectivity index (χ1v) is 6.58. The SMILES string of the molecule is Cc1ccc(S(=O)(=O)Cl)cc1OCC(F)F. The molecule has 0 spiro atoms. The summed E-state index contributed by atoms with van der Waals surface area (Å²) in [6.45, 7) is 0.831. The van der Waals surface area contributed by atoms with E-state index in [2.05, 4.69) is 0 Å². The van der Waals surface area contributed by atoms with Gasteiger partial charge in [-0.15, -0.1) is 0 Å². The normalized spacial score (nSPS) is 11.8. The highest BCUT2D eigenvalue weighted by Crippen LogP contribution is 2.24. The van der Waals surface area contributed by atoms with Crippen LogP contribution in [0.25, 0.3) is 0 Å². The van der Waals surface area contributed by atoms with Gasteiger partial charge in [0.25, 0.3) is 15.5 Å². The maximum atomic E-state index is 11.9. The lowest BCUT2D eigenvalue weighted by Crippen LogP contribution is -2.08. The number of benzene rings is 1. The molecule has 0 bridgehead atoms. The summed E-state index contributed by atoms with van der Waals surface area (Å²) in [4.78, 5) is -0.177. The number of ether oxygens (including phenoxy) is 1. The minimum absolute atomic E-state index is 0.0852. The van der Waals surface area contributed by atoms with Gasteiger partial charge in [-0.25, -0.2) is 17.2 Å². The van der Waals surface area contributed by atoms with Crippen molar-refractivity contribution in [1.29, 1.82) is 0 Å². The third kappa shape index (κ3) is 3.61. The van der Waals surface area contributed by atoms with Gasteiger partial charge < -0.3 is 4.74 Å². The fourth-order valence-corrected chi connectivity index (χ4v) is 1.81. The van der Waals surface area contributed by atoms with E-state index in [1.165, 1.54) is 12.1 Å². The van der Waals surface area contributed by atoms with Gasteiger partial charge in [0, 0.05) is 16.7 Å². The first kappa shape index (κ1) is 13.2. The molecule has 0 fully saturated rings. The van der Waals surface area contributed by atoms with Gasteiger partial charge in [0.15, 0.2) is 0 Å². The number of aryl methyl sites for hydroxylation is 1. The molecule has 7 heteroatoms. The number of hydrogen-bond acceptors (Lipinski definition) is 3. The summed E-state index contributed by atoms with van der Waals surface area (Å²) in [5.74, 6) is 0.0852. The van der Waals surface area contributed by atoms with E-state index < -0.39 is 22.1 Å². The number of halogens is 3. The number of rotatable bonds is 4. The van der Waals surface area contributed by atoms with Crippen molar-refractivity contribution in [3.63, 3.8) is 0 Å². The van der Waals surface area contributed by atoms with E-state index in [4.69, 9.17) is 15.4 Å². The van der Waals surface area contributed by atoms with Crippen molar-refractivity contribution in [2.45, 2.75) is 18.2 Å². The van der Waals surface area contributed by atoms with Gasteiger partial charge in [0.1, 0.15) is 12.4 Å². The highest BCUT2D eigenvalue weighted by molar-refractivity contribution is 8.13. The van der Waals surface area contributed by atoms with Crippen LogP contribution >= 0.6 is 10.7 Å². The molecule has 0 aliphatic rings. The van der Waals surface area contributed by atoms with Gasteiger partial charge in [-0.1, -0.05) is 6.07 Å². The number of alkyl halides is 2. The van der Waals surface area contributed by atoms with Crippen LogP contribution in [0.3, 0.4) is 0 Å². The minimum atomic E-state index is -3.88. The second kappa shape index (κ2) is 4.97. The molecule has 0 unspecified atom stereocenters. The van der Waals surface area contributed by atoms with E-state index in [1.54, 1.807) is 6.92 Å². The summed E-state index contributed by atoms with van der Waals surface area (Å²) < 4.78 is 50.6. The first-order valence-electron chi connectivity index (χ1n) is 4.27. The predicted molar refractivity (Wildman–Crippen MR) is 55.7 cm³/mol. The minimum Gasteiger partial charge on any atom is -0.487 e. The van der Waals surface area contributed by atoms with Gasteiger partial charge in [0.2, 0.25) is 0 Å². The molecule has 90 valence electrons. The van der Waals surface area contributed by atoms with Crippen LogP contribution in [0.1, 0.15) is 5.56 Å². The molecule has 0 saturated carbocycles. The average Bonchev–Trinajstić information content (AvgIpc) is 2.14. The first-order chi connectivity index (χ1) is 7.30. The zero-order valence-electron chi connectivity index (χ0n) is 8.28. The Balaban J connectivity index is 3.00. The second-order valence-electron chi connectivity index (χ2n) is 3.07. The molecular formula is C9H9ClF2O3S. The van der Waals surface area contributed by atoms with Crippen molar-refractivity contribution in [2.24, 2.45) is 0 Å². The van der Waals surface area contributed by atoms with Gasteiger partial charge >= 0.3 is 0 Å². The standard InChI is InChI=1S/C9H9ClF2O3S/c1-6-2-3-7(16(10,13)14)4-8(6)15-5-9(11)12/h2-4,9H,5H2,1H3. The molecule has 16 heavy (non-hydrogen) atoms. The van der Waals surface area contributed by atoms with Crippen molar-refractivity contribution in [3.8, 4) is 5.75 Å². The lowest BCUT2D eigenvalue weighted by Gasteiger charge is -2.09. The largest absolute Gasteiger partial charge is 0.487 e. The molecule has 0 heterocycles. The van der Waals surface area contributed by atoms with E-state index in [-0.39, 0.29) is 10.6 Å². The van der Waals surface area contributed by atoms with E-state index in [0.29, 0.717) is 5.56 Å². The van der Waals surface area contributed by atoms with Crippen molar-refractivity contribution in [3.05, 3.63) is 23.8 Å². The molecule has 0 amide bonds.